The summed E-state index contributed by atoms with van der Waals surface area (Å²) in [6, 6.07) is 8.46. The molecule has 5 rings (SSSR count). The smallest absolute Gasteiger partial charge is 0.344 e. The minimum absolute atomic E-state index is 0.362. The molecule has 148 valence electrons. The van der Waals surface area contributed by atoms with Gasteiger partial charge in [-0.05, 0) is 39.1 Å². The maximum Gasteiger partial charge on any atom is 0.344 e. The molecule has 1 aromatic carbocycles. The maximum absolute atomic E-state index is 12.7. The molecule has 1 unspecified atom stereocenters. The normalized spacial score (nSPS) is 18.0. The second kappa shape index (κ2) is 6.70. The summed E-state index contributed by atoms with van der Waals surface area (Å²) in [5.41, 5.74) is 3.42. The summed E-state index contributed by atoms with van der Waals surface area (Å²) in [6.45, 7) is 7.08. The Hall–Kier alpha value is -3.19. The molecule has 1 fully saturated rings. The first-order chi connectivity index (χ1) is 14.0. The molecule has 4 heterocycles. The Labute approximate surface area is 168 Å². The van der Waals surface area contributed by atoms with Crippen LogP contribution in [0, 0.1) is 6.92 Å². The number of nitrogens with zero attached hydrogens (tertiary/aromatic N) is 5. The van der Waals surface area contributed by atoms with Crippen LogP contribution in [0.15, 0.2) is 52.1 Å². The van der Waals surface area contributed by atoms with Gasteiger partial charge in [0.15, 0.2) is 0 Å². The molecule has 0 amide bonds. The molecule has 7 nitrogen and oxygen atoms in total. The van der Waals surface area contributed by atoms with Crippen molar-refractivity contribution in [2.45, 2.75) is 19.9 Å². The summed E-state index contributed by atoms with van der Waals surface area (Å²) < 4.78 is 7.52. The van der Waals surface area contributed by atoms with E-state index in [0.29, 0.717) is 28.5 Å². The van der Waals surface area contributed by atoms with Gasteiger partial charge in [-0.3, -0.25) is 4.40 Å². The fraction of sp³-hybridized carbons (Fsp3) is 0.318. The number of benzene rings is 1. The van der Waals surface area contributed by atoms with E-state index >= 15 is 0 Å². The predicted octanol–water partition coefficient (Wildman–Crippen LogP) is 2.95. The van der Waals surface area contributed by atoms with Crippen molar-refractivity contribution < 1.29 is 4.42 Å². The van der Waals surface area contributed by atoms with Crippen LogP contribution in [-0.4, -0.2) is 52.0 Å². The fourth-order valence-electron chi connectivity index (χ4n) is 3.92. The van der Waals surface area contributed by atoms with E-state index < -0.39 is 0 Å². The Kier molecular flexibility index (Phi) is 4.13. The van der Waals surface area contributed by atoms with Crippen molar-refractivity contribution in [3.05, 3.63) is 59.0 Å². The molecule has 1 aliphatic rings. The van der Waals surface area contributed by atoms with Gasteiger partial charge in [-0.15, -0.1) is 0 Å². The number of aryl methyl sites for hydroxylation is 1. The summed E-state index contributed by atoms with van der Waals surface area (Å²) in [6.07, 6.45) is 5.41. The highest BCUT2D eigenvalue weighted by Gasteiger charge is 2.21. The lowest BCUT2D eigenvalue weighted by Gasteiger charge is -2.39. The molecule has 1 atom stereocenters. The average molecular weight is 389 g/mol. The number of fused-ring (bicyclic) bond motifs is 2. The van der Waals surface area contributed by atoms with E-state index in [9.17, 15) is 4.79 Å². The molecular formula is C22H23N5O2. The van der Waals surface area contributed by atoms with E-state index in [2.05, 4.69) is 39.8 Å². The van der Waals surface area contributed by atoms with Crippen LogP contribution < -0.4 is 10.5 Å². The molecule has 0 bridgehead atoms. The van der Waals surface area contributed by atoms with E-state index in [0.717, 1.165) is 36.4 Å². The molecule has 1 saturated heterocycles. The predicted molar refractivity (Wildman–Crippen MR) is 114 cm³/mol. The summed E-state index contributed by atoms with van der Waals surface area (Å²) in [4.78, 5) is 26.1. The van der Waals surface area contributed by atoms with Crippen LogP contribution in [0.1, 0.15) is 12.6 Å². The van der Waals surface area contributed by atoms with Crippen molar-refractivity contribution in [1.29, 1.82) is 0 Å². The van der Waals surface area contributed by atoms with Gasteiger partial charge in [0.05, 0.1) is 11.3 Å². The number of imidazole rings is 1. The third-order valence-corrected chi connectivity index (χ3v) is 5.79. The van der Waals surface area contributed by atoms with E-state index in [1.54, 1.807) is 6.20 Å². The van der Waals surface area contributed by atoms with Crippen LogP contribution in [0.25, 0.3) is 27.9 Å². The first-order valence-corrected chi connectivity index (χ1v) is 9.83. The molecule has 0 spiro atoms. The van der Waals surface area contributed by atoms with Gasteiger partial charge in [-0.25, -0.2) is 14.8 Å². The van der Waals surface area contributed by atoms with Crippen molar-refractivity contribution in [1.82, 2.24) is 19.3 Å². The first kappa shape index (κ1) is 17.9. The molecule has 29 heavy (non-hydrogen) atoms. The fourth-order valence-corrected chi connectivity index (χ4v) is 3.92. The molecule has 0 aliphatic carbocycles. The number of hydrogen-bond donors (Lipinski definition) is 0. The Morgan fingerprint density at radius 3 is 2.86 bits per heavy atom. The molecule has 4 aromatic rings. The molecule has 3 aromatic heterocycles. The zero-order valence-electron chi connectivity index (χ0n) is 16.8. The Bertz CT molecular complexity index is 1280. The van der Waals surface area contributed by atoms with Crippen LogP contribution in [0.2, 0.25) is 0 Å². The number of likely N-dealkylation sites (N-methyl/N-ethyl adjacent to an activating group) is 1. The highest BCUT2D eigenvalue weighted by molar-refractivity contribution is 5.84. The minimum Gasteiger partial charge on any atom is -0.422 e. The minimum atomic E-state index is -0.362. The van der Waals surface area contributed by atoms with Gasteiger partial charge in [0.2, 0.25) is 5.78 Å². The van der Waals surface area contributed by atoms with Crippen molar-refractivity contribution in [3.63, 3.8) is 0 Å². The summed E-state index contributed by atoms with van der Waals surface area (Å²) >= 11 is 0. The number of rotatable bonds is 2. The van der Waals surface area contributed by atoms with Crippen molar-refractivity contribution >= 4 is 22.4 Å². The number of aromatic nitrogens is 3. The van der Waals surface area contributed by atoms with E-state index in [-0.39, 0.29) is 5.63 Å². The van der Waals surface area contributed by atoms with Crippen molar-refractivity contribution in [2.75, 3.05) is 31.6 Å². The lowest BCUT2D eigenvalue weighted by atomic mass is 10.1. The van der Waals surface area contributed by atoms with E-state index in [4.69, 9.17) is 4.42 Å². The zero-order chi connectivity index (χ0) is 20.1. The second-order valence-corrected chi connectivity index (χ2v) is 7.88. The van der Waals surface area contributed by atoms with Crippen LogP contribution in [0.3, 0.4) is 0 Å². The average Bonchev–Trinajstić information content (AvgIpc) is 3.08. The first-order valence-electron chi connectivity index (χ1n) is 9.83. The molecule has 0 saturated carbocycles. The number of hydrogen-bond acceptors (Lipinski definition) is 6. The van der Waals surface area contributed by atoms with Gasteiger partial charge in [0.25, 0.3) is 0 Å². The van der Waals surface area contributed by atoms with Crippen LogP contribution in [0.5, 0.6) is 0 Å². The van der Waals surface area contributed by atoms with Gasteiger partial charge in [0, 0.05) is 67.0 Å². The van der Waals surface area contributed by atoms with Crippen LogP contribution >= 0.6 is 0 Å². The summed E-state index contributed by atoms with van der Waals surface area (Å²) in [5.74, 6) is 0.613. The van der Waals surface area contributed by atoms with Gasteiger partial charge < -0.3 is 14.2 Å². The Balaban J connectivity index is 1.53. The van der Waals surface area contributed by atoms with Gasteiger partial charge in [0.1, 0.15) is 5.58 Å². The SMILES string of the molecule is Cc1cn2cc(-c3cc4ccc(N5CCN(C)C(C)C5)cc4oc3=O)cnc2n1. The molecule has 7 heteroatoms. The van der Waals surface area contributed by atoms with Crippen LogP contribution in [-0.2, 0) is 0 Å². The van der Waals surface area contributed by atoms with Crippen molar-refractivity contribution in [3.8, 4) is 11.1 Å². The Morgan fingerprint density at radius 1 is 1.17 bits per heavy atom. The molecular weight excluding hydrogens is 366 g/mol. The number of piperazine rings is 1. The molecule has 1 aliphatic heterocycles. The highest BCUT2D eigenvalue weighted by atomic mass is 16.4. The number of anilines is 1. The maximum atomic E-state index is 12.7. The van der Waals surface area contributed by atoms with Gasteiger partial charge >= 0.3 is 5.63 Å². The summed E-state index contributed by atoms with van der Waals surface area (Å²) in [7, 11) is 2.15. The lowest BCUT2D eigenvalue weighted by Crippen LogP contribution is -2.50. The van der Waals surface area contributed by atoms with Crippen molar-refractivity contribution in [2.24, 2.45) is 0 Å². The highest BCUT2D eigenvalue weighted by Crippen LogP contribution is 2.26. The summed E-state index contributed by atoms with van der Waals surface area (Å²) in [5, 5.41) is 0.896. The molecule has 0 N–H and O–H groups in total. The molecule has 0 radical (unpaired) electrons. The van der Waals surface area contributed by atoms with Gasteiger partial charge in [-0.2, -0.15) is 0 Å². The Morgan fingerprint density at radius 2 is 2.03 bits per heavy atom. The van der Waals surface area contributed by atoms with Crippen LogP contribution in [0.4, 0.5) is 5.69 Å². The van der Waals surface area contributed by atoms with Gasteiger partial charge in [-0.1, -0.05) is 0 Å². The monoisotopic (exact) mass is 389 g/mol. The second-order valence-electron chi connectivity index (χ2n) is 7.88. The lowest BCUT2D eigenvalue weighted by molar-refractivity contribution is 0.234. The third kappa shape index (κ3) is 3.17. The quantitative estimate of drug-likeness (QED) is 0.491. The standard InChI is InChI=1S/C22H23N5O2/c1-14-11-27-13-17(10-23-22(27)24-14)19-8-16-4-5-18(9-20(16)29-21(19)28)26-7-6-25(3)15(2)12-26/h4-5,8-11,13,15H,6-7,12H2,1-3H3. The van der Waals surface area contributed by atoms with E-state index in [1.807, 2.05) is 41.9 Å². The largest absolute Gasteiger partial charge is 0.422 e. The van der Waals surface area contributed by atoms with E-state index in [1.165, 1.54) is 0 Å². The zero-order valence-corrected chi connectivity index (χ0v) is 16.8. The topological polar surface area (TPSA) is 66.9 Å². The third-order valence-electron chi connectivity index (χ3n) is 5.79.